The van der Waals surface area contributed by atoms with E-state index in [1.54, 1.807) is 0 Å². The summed E-state index contributed by atoms with van der Waals surface area (Å²) < 4.78 is 16.0. The topological polar surface area (TPSA) is 132 Å². The lowest BCUT2D eigenvalue weighted by molar-refractivity contribution is -0.397. The number of aliphatic hydroxyl groups is 4. The number of rotatable bonds is 4. The SMILES string of the molecule is [O-]C[C@H]1OC[C@H](O[C@H]2O[C@@H](CO)C[C@@H](O)[C@@H]2O)C[C@@H]1O. The monoisotopic (exact) mass is 293 g/mol. The molecule has 0 aromatic rings. The Bertz CT molecular complexity index is 301. The second kappa shape index (κ2) is 7.10. The van der Waals surface area contributed by atoms with Gasteiger partial charge in [0, 0.05) is 12.8 Å². The summed E-state index contributed by atoms with van der Waals surface area (Å²) in [6.45, 7) is -0.705. The van der Waals surface area contributed by atoms with Gasteiger partial charge in [-0.3, -0.25) is 0 Å². The number of aliphatic hydroxyl groups excluding tert-OH is 4. The molecule has 2 aliphatic heterocycles. The lowest BCUT2D eigenvalue weighted by Crippen LogP contribution is -2.54. The number of hydrogen-bond donors (Lipinski definition) is 4. The smallest absolute Gasteiger partial charge is 0.186 e. The molecular formula is C12H21O8-. The summed E-state index contributed by atoms with van der Waals surface area (Å²) in [7, 11) is 0. The molecule has 0 aliphatic carbocycles. The predicted molar refractivity (Wildman–Crippen MR) is 62.5 cm³/mol. The van der Waals surface area contributed by atoms with Gasteiger partial charge < -0.3 is 39.7 Å². The maximum Gasteiger partial charge on any atom is 0.186 e. The standard InChI is InChI=1S/C12H21O8/c13-3-6-1-9(16)11(17)12(19-6)20-7-2-8(15)10(4-14)18-5-7/h6-13,15-17H,1-5H2/q-1/t6-,7-,8+,9-,10-,11+,12-/m1/s1. The van der Waals surface area contributed by atoms with Crippen molar-refractivity contribution in [3.63, 3.8) is 0 Å². The van der Waals surface area contributed by atoms with Crippen LogP contribution in [0.1, 0.15) is 12.8 Å². The van der Waals surface area contributed by atoms with Crippen molar-refractivity contribution in [3.05, 3.63) is 0 Å². The summed E-state index contributed by atoms with van der Waals surface area (Å²) in [6, 6.07) is 0. The summed E-state index contributed by atoms with van der Waals surface area (Å²) >= 11 is 0. The summed E-state index contributed by atoms with van der Waals surface area (Å²) in [5, 5.41) is 48.9. The highest BCUT2D eigenvalue weighted by atomic mass is 16.7. The van der Waals surface area contributed by atoms with E-state index in [4.69, 9.17) is 19.3 Å². The van der Waals surface area contributed by atoms with E-state index < -0.39 is 49.5 Å². The van der Waals surface area contributed by atoms with Gasteiger partial charge in [-0.25, -0.2) is 0 Å². The van der Waals surface area contributed by atoms with Crippen LogP contribution < -0.4 is 5.11 Å². The van der Waals surface area contributed by atoms with Gasteiger partial charge in [-0.15, -0.1) is 6.61 Å². The van der Waals surface area contributed by atoms with Crippen molar-refractivity contribution in [2.24, 2.45) is 0 Å². The van der Waals surface area contributed by atoms with Gasteiger partial charge in [0.2, 0.25) is 0 Å². The quantitative estimate of drug-likeness (QED) is 0.424. The number of ether oxygens (including phenoxy) is 3. The molecule has 2 aliphatic rings. The fraction of sp³-hybridized carbons (Fsp3) is 1.00. The molecule has 2 saturated heterocycles. The maximum atomic E-state index is 10.7. The van der Waals surface area contributed by atoms with Crippen LogP contribution in [0.2, 0.25) is 0 Å². The molecule has 4 N–H and O–H groups in total. The molecule has 0 spiro atoms. The molecule has 8 heteroatoms. The van der Waals surface area contributed by atoms with Crippen molar-refractivity contribution in [3.8, 4) is 0 Å². The Morgan fingerprint density at radius 2 is 1.90 bits per heavy atom. The van der Waals surface area contributed by atoms with Gasteiger partial charge in [-0.2, -0.15) is 0 Å². The average Bonchev–Trinajstić information content (AvgIpc) is 2.43. The van der Waals surface area contributed by atoms with Gasteiger partial charge in [0.25, 0.3) is 0 Å². The van der Waals surface area contributed by atoms with Crippen LogP contribution in [0, 0.1) is 0 Å². The minimum Gasteiger partial charge on any atom is -0.853 e. The van der Waals surface area contributed by atoms with Crippen molar-refractivity contribution in [2.75, 3.05) is 19.8 Å². The van der Waals surface area contributed by atoms with Crippen molar-refractivity contribution in [2.45, 2.75) is 55.8 Å². The number of hydrogen-bond acceptors (Lipinski definition) is 8. The van der Waals surface area contributed by atoms with Crippen LogP contribution in [-0.2, 0) is 14.2 Å². The fourth-order valence-corrected chi connectivity index (χ4v) is 2.42. The molecular weight excluding hydrogens is 272 g/mol. The summed E-state index contributed by atoms with van der Waals surface area (Å²) in [5.74, 6) is 0. The van der Waals surface area contributed by atoms with Gasteiger partial charge >= 0.3 is 0 Å². The highest BCUT2D eigenvalue weighted by molar-refractivity contribution is 4.84. The van der Waals surface area contributed by atoms with E-state index in [2.05, 4.69) is 0 Å². The third kappa shape index (κ3) is 3.66. The average molecular weight is 293 g/mol. The third-order valence-corrected chi connectivity index (χ3v) is 3.63. The Balaban J connectivity index is 1.88. The molecule has 0 unspecified atom stereocenters. The normalized spacial score (nSPS) is 46.4. The Morgan fingerprint density at radius 1 is 1.15 bits per heavy atom. The second-order valence-corrected chi connectivity index (χ2v) is 5.20. The molecule has 8 nitrogen and oxygen atoms in total. The molecule has 0 radical (unpaired) electrons. The first-order chi connectivity index (χ1) is 9.55. The van der Waals surface area contributed by atoms with Crippen molar-refractivity contribution >= 4 is 0 Å². The van der Waals surface area contributed by atoms with Crippen LogP contribution in [0.4, 0.5) is 0 Å². The van der Waals surface area contributed by atoms with Crippen molar-refractivity contribution in [1.29, 1.82) is 0 Å². The van der Waals surface area contributed by atoms with E-state index in [1.807, 2.05) is 0 Å². The lowest BCUT2D eigenvalue weighted by Gasteiger charge is -2.40. The molecule has 0 aromatic carbocycles. The Hall–Kier alpha value is -0.320. The Kier molecular flexibility index (Phi) is 5.70. The molecule has 2 rings (SSSR count). The summed E-state index contributed by atoms with van der Waals surface area (Å²) in [6.07, 6.45) is -5.88. The van der Waals surface area contributed by atoms with Gasteiger partial charge in [0.05, 0.1) is 43.7 Å². The van der Waals surface area contributed by atoms with E-state index in [9.17, 15) is 20.4 Å². The minimum absolute atomic E-state index is 0.108. The van der Waals surface area contributed by atoms with E-state index in [0.717, 1.165) is 0 Å². The molecule has 0 aromatic heterocycles. The first kappa shape index (κ1) is 16.1. The van der Waals surface area contributed by atoms with Gasteiger partial charge in [-0.1, -0.05) is 0 Å². The zero-order valence-electron chi connectivity index (χ0n) is 11.0. The first-order valence-electron chi connectivity index (χ1n) is 6.70. The predicted octanol–water partition coefficient (Wildman–Crippen LogP) is -3.29. The van der Waals surface area contributed by atoms with Crippen molar-refractivity contribution in [1.82, 2.24) is 0 Å². The third-order valence-electron chi connectivity index (χ3n) is 3.63. The molecule has 118 valence electrons. The molecule has 20 heavy (non-hydrogen) atoms. The largest absolute Gasteiger partial charge is 0.853 e. The molecule has 0 bridgehead atoms. The second-order valence-electron chi connectivity index (χ2n) is 5.20. The molecule has 2 fully saturated rings. The molecule has 0 amide bonds. The van der Waals surface area contributed by atoms with Gasteiger partial charge in [-0.05, 0) is 0 Å². The van der Waals surface area contributed by atoms with E-state index in [0.29, 0.717) is 0 Å². The Morgan fingerprint density at radius 3 is 2.50 bits per heavy atom. The zero-order valence-corrected chi connectivity index (χ0v) is 11.0. The van der Waals surface area contributed by atoms with Crippen LogP contribution in [0.3, 0.4) is 0 Å². The van der Waals surface area contributed by atoms with E-state index >= 15 is 0 Å². The first-order valence-corrected chi connectivity index (χ1v) is 6.70. The molecule has 0 saturated carbocycles. The van der Waals surface area contributed by atoms with Gasteiger partial charge in [0.15, 0.2) is 6.29 Å². The minimum atomic E-state index is -1.23. The zero-order chi connectivity index (χ0) is 14.7. The van der Waals surface area contributed by atoms with E-state index in [-0.39, 0.29) is 26.1 Å². The highest BCUT2D eigenvalue weighted by Crippen LogP contribution is 2.25. The molecule has 2 heterocycles. The van der Waals surface area contributed by atoms with Crippen molar-refractivity contribution < 1.29 is 39.7 Å². The lowest BCUT2D eigenvalue weighted by atomic mass is 10.0. The van der Waals surface area contributed by atoms with Gasteiger partial charge in [0.1, 0.15) is 6.10 Å². The fourth-order valence-electron chi connectivity index (χ4n) is 2.42. The highest BCUT2D eigenvalue weighted by Gasteiger charge is 2.40. The van der Waals surface area contributed by atoms with Crippen LogP contribution in [0.5, 0.6) is 0 Å². The summed E-state index contributed by atoms with van der Waals surface area (Å²) in [5.41, 5.74) is 0. The van der Waals surface area contributed by atoms with Crippen LogP contribution in [0.15, 0.2) is 0 Å². The Labute approximate surface area is 116 Å². The summed E-state index contributed by atoms with van der Waals surface area (Å²) in [4.78, 5) is 0. The van der Waals surface area contributed by atoms with Crippen LogP contribution >= 0.6 is 0 Å². The van der Waals surface area contributed by atoms with Crippen LogP contribution in [-0.4, -0.2) is 83.2 Å². The van der Waals surface area contributed by atoms with E-state index in [1.165, 1.54) is 0 Å². The maximum absolute atomic E-state index is 10.7. The van der Waals surface area contributed by atoms with Crippen LogP contribution in [0.25, 0.3) is 0 Å². The molecule has 7 atom stereocenters.